The van der Waals surface area contributed by atoms with E-state index in [0.29, 0.717) is 12.3 Å². The van der Waals surface area contributed by atoms with Gasteiger partial charge in [-0.3, -0.25) is 9.78 Å². The van der Waals surface area contributed by atoms with Crippen molar-refractivity contribution in [2.75, 3.05) is 27.2 Å². The topological polar surface area (TPSA) is 45.7 Å². The molecule has 1 saturated heterocycles. The normalized spacial score (nSPS) is 16.9. The summed E-state index contributed by atoms with van der Waals surface area (Å²) >= 11 is 0. The van der Waals surface area contributed by atoms with Gasteiger partial charge in [-0.05, 0) is 51.2 Å². The lowest BCUT2D eigenvalue weighted by Crippen LogP contribution is -2.35. The number of benzene rings is 1. The van der Waals surface area contributed by atoms with E-state index in [9.17, 15) is 9.18 Å². The number of carbonyl (C=O) groups is 1. The van der Waals surface area contributed by atoms with E-state index in [2.05, 4.69) is 4.90 Å². The summed E-state index contributed by atoms with van der Waals surface area (Å²) in [7, 11) is 4.01. The minimum absolute atomic E-state index is 0.0271. The van der Waals surface area contributed by atoms with Crippen LogP contribution in [0.3, 0.4) is 0 Å². The highest BCUT2D eigenvalue weighted by Crippen LogP contribution is 2.31. The van der Waals surface area contributed by atoms with Gasteiger partial charge in [-0.15, -0.1) is 0 Å². The van der Waals surface area contributed by atoms with Crippen LogP contribution in [0.2, 0.25) is 0 Å². The van der Waals surface area contributed by atoms with Gasteiger partial charge in [-0.25, -0.2) is 4.39 Å². The molecule has 0 spiro atoms. The molecule has 0 N–H and O–H groups in total. The Morgan fingerprint density at radius 1 is 1.31 bits per heavy atom. The Labute approximate surface area is 153 Å². The Morgan fingerprint density at radius 2 is 2.12 bits per heavy atom. The van der Waals surface area contributed by atoms with Gasteiger partial charge in [0.05, 0.1) is 17.4 Å². The first-order chi connectivity index (χ1) is 12.5. The maximum atomic E-state index is 13.2. The smallest absolute Gasteiger partial charge is 0.261 e. The fourth-order valence-electron chi connectivity index (χ4n) is 3.25. The third kappa shape index (κ3) is 4.58. The highest BCUT2D eigenvalue weighted by molar-refractivity contribution is 5.78. The fourth-order valence-corrected chi connectivity index (χ4v) is 3.25. The monoisotopic (exact) mass is 357 g/mol. The number of rotatable bonds is 6. The van der Waals surface area contributed by atoms with Crippen molar-refractivity contribution in [3.8, 4) is 5.75 Å². The van der Waals surface area contributed by atoms with E-state index < -0.39 is 0 Å². The van der Waals surface area contributed by atoms with Gasteiger partial charge in [0.2, 0.25) is 0 Å². The van der Waals surface area contributed by atoms with Crippen LogP contribution in [0, 0.1) is 5.82 Å². The molecule has 0 unspecified atom stereocenters. The van der Waals surface area contributed by atoms with Crippen LogP contribution in [0.5, 0.6) is 5.75 Å². The van der Waals surface area contributed by atoms with E-state index >= 15 is 0 Å². The average Bonchev–Trinajstić information content (AvgIpc) is 3.09. The number of aromatic nitrogens is 1. The van der Waals surface area contributed by atoms with Crippen LogP contribution in [0.15, 0.2) is 42.5 Å². The van der Waals surface area contributed by atoms with Crippen molar-refractivity contribution >= 4 is 5.91 Å². The molecule has 1 aliphatic rings. The number of halogens is 1. The molecule has 1 fully saturated rings. The Balaban J connectivity index is 1.66. The second kappa shape index (κ2) is 8.27. The summed E-state index contributed by atoms with van der Waals surface area (Å²) in [6.45, 7) is 1.35. The molecule has 1 aromatic heterocycles. The van der Waals surface area contributed by atoms with Crippen LogP contribution in [0.25, 0.3) is 0 Å². The number of hydrogen-bond acceptors (Lipinski definition) is 4. The Bertz CT molecular complexity index is 766. The molecule has 0 aliphatic carbocycles. The van der Waals surface area contributed by atoms with Crippen molar-refractivity contribution in [1.82, 2.24) is 14.8 Å². The molecule has 1 atom stereocenters. The van der Waals surface area contributed by atoms with Crippen LogP contribution in [0.1, 0.15) is 30.3 Å². The summed E-state index contributed by atoms with van der Waals surface area (Å²) in [4.78, 5) is 21.2. The number of amides is 1. The largest absolute Gasteiger partial charge is 0.484 e. The first-order valence-electron chi connectivity index (χ1n) is 8.81. The van der Waals surface area contributed by atoms with Crippen molar-refractivity contribution < 1.29 is 13.9 Å². The maximum absolute atomic E-state index is 13.2. The van der Waals surface area contributed by atoms with Crippen LogP contribution < -0.4 is 4.74 Å². The third-order valence-corrected chi connectivity index (χ3v) is 4.38. The van der Waals surface area contributed by atoms with Gasteiger partial charge in [-0.1, -0.05) is 12.1 Å². The van der Waals surface area contributed by atoms with Crippen LogP contribution in [-0.4, -0.2) is 47.9 Å². The molecule has 138 valence electrons. The van der Waals surface area contributed by atoms with Gasteiger partial charge in [0.25, 0.3) is 5.91 Å². The Hall–Kier alpha value is -2.47. The van der Waals surface area contributed by atoms with Crippen molar-refractivity contribution in [3.63, 3.8) is 0 Å². The SMILES string of the molecule is CN(C)Cc1cccc([C@@H]2CCCN2C(=O)COc2cccc(F)c2)n1. The molecule has 2 aromatic rings. The quantitative estimate of drug-likeness (QED) is 0.797. The van der Waals surface area contributed by atoms with Crippen molar-refractivity contribution in [2.24, 2.45) is 0 Å². The molecule has 3 rings (SSSR count). The maximum Gasteiger partial charge on any atom is 0.261 e. The molecule has 0 radical (unpaired) electrons. The van der Waals surface area contributed by atoms with Gasteiger partial charge < -0.3 is 14.5 Å². The second-order valence-electron chi connectivity index (χ2n) is 6.78. The molecule has 2 heterocycles. The number of ether oxygens (including phenoxy) is 1. The number of carbonyl (C=O) groups excluding carboxylic acids is 1. The van der Waals surface area contributed by atoms with E-state index in [-0.39, 0.29) is 24.4 Å². The lowest BCUT2D eigenvalue weighted by atomic mass is 10.1. The number of pyridine rings is 1. The van der Waals surface area contributed by atoms with E-state index in [1.165, 1.54) is 12.1 Å². The van der Waals surface area contributed by atoms with Gasteiger partial charge in [0, 0.05) is 19.2 Å². The van der Waals surface area contributed by atoms with Crippen molar-refractivity contribution in [2.45, 2.75) is 25.4 Å². The predicted octanol–water partition coefficient (Wildman–Crippen LogP) is 3.02. The minimum atomic E-state index is -0.379. The van der Waals surface area contributed by atoms with Crippen molar-refractivity contribution in [3.05, 3.63) is 59.7 Å². The van der Waals surface area contributed by atoms with E-state index in [1.807, 2.05) is 37.2 Å². The molecule has 1 aliphatic heterocycles. The summed E-state index contributed by atoms with van der Waals surface area (Å²) in [6, 6.07) is 11.8. The zero-order valence-electron chi connectivity index (χ0n) is 15.2. The summed E-state index contributed by atoms with van der Waals surface area (Å²) in [5.74, 6) is -0.118. The van der Waals surface area contributed by atoms with E-state index in [1.54, 1.807) is 12.1 Å². The van der Waals surface area contributed by atoms with Crippen LogP contribution >= 0.6 is 0 Å². The van der Waals surface area contributed by atoms with Gasteiger partial charge in [0.15, 0.2) is 6.61 Å². The molecule has 6 heteroatoms. The number of likely N-dealkylation sites (tertiary alicyclic amines) is 1. The molecule has 1 aromatic carbocycles. The van der Waals surface area contributed by atoms with Crippen molar-refractivity contribution in [1.29, 1.82) is 0 Å². The Kier molecular flexibility index (Phi) is 5.83. The molecular formula is C20H24FN3O2. The number of nitrogens with zero attached hydrogens (tertiary/aromatic N) is 3. The van der Waals surface area contributed by atoms with E-state index in [0.717, 1.165) is 30.8 Å². The summed E-state index contributed by atoms with van der Waals surface area (Å²) in [6.07, 6.45) is 1.83. The summed E-state index contributed by atoms with van der Waals surface area (Å²) in [5.41, 5.74) is 1.91. The Morgan fingerprint density at radius 3 is 2.88 bits per heavy atom. The van der Waals surface area contributed by atoms with Gasteiger partial charge in [0.1, 0.15) is 11.6 Å². The third-order valence-electron chi connectivity index (χ3n) is 4.38. The van der Waals surface area contributed by atoms with Crippen LogP contribution in [0.4, 0.5) is 4.39 Å². The molecule has 26 heavy (non-hydrogen) atoms. The highest BCUT2D eigenvalue weighted by Gasteiger charge is 2.31. The zero-order chi connectivity index (χ0) is 18.5. The number of hydrogen-bond donors (Lipinski definition) is 0. The molecule has 5 nitrogen and oxygen atoms in total. The fraction of sp³-hybridized carbons (Fsp3) is 0.400. The van der Waals surface area contributed by atoms with Gasteiger partial charge in [-0.2, -0.15) is 0 Å². The standard InChI is InChI=1S/C20H24FN3O2/c1-23(2)13-16-7-4-9-18(22-16)19-10-5-11-24(19)20(25)14-26-17-8-3-6-15(21)12-17/h3-4,6-9,12,19H,5,10-11,13-14H2,1-2H3/t19-/m0/s1. The highest BCUT2D eigenvalue weighted by atomic mass is 19.1. The lowest BCUT2D eigenvalue weighted by Gasteiger charge is -2.25. The van der Waals surface area contributed by atoms with Crippen LogP contribution in [-0.2, 0) is 11.3 Å². The first kappa shape index (κ1) is 18.3. The molecule has 0 bridgehead atoms. The first-order valence-corrected chi connectivity index (χ1v) is 8.81. The molecule has 0 saturated carbocycles. The summed E-state index contributed by atoms with van der Waals surface area (Å²) < 4.78 is 18.7. The van der Waals surface area contributed by atoms with Gasteiger partial charge >= 0.3 is 0 Å². The van der Waals surface area contributed by atoms with E-state index in [4.69, 9.17) is 9.72 Å². The predicted molar refractivity (Wildman–Crippen MR) is 97.2 cm³/mol. The summed E-state index contributed by atoms with van der Waals surface area (Å²) in [5, 5.41) is 0. The molecular weight excluding hydrogens is 333 g/mol. The minimum Gasteiger partial charge on any atom is -0.484 e. The zero-order valence-corrected chi connectivity index (χ0v) is 15.2. The molecule has 1 amide bonds. The lowest BCUT2D eigenvalue weighted by molar-refractivity contribution is -0.134. The second-order valence-corrected chi connectivity index (χ2v) is 6.78. The average molecular weight is 357 g/mol.